The third-order valence-corrected chi connectivity index (χ3v) is 5.48. The number of halogens is 1. The highest BCUT2D eigenvalue weighted by Crippen LogP contribution is 2.26. The molecule has 2 N–H and O–H groups in total. The molecular weight excluding hydrogens is 371 g/mol. The van der Waals surface area contributed by atoms with Gasteiger partial charge in [0.15, 0.2) is 0 Å². The van der Waals surface area contributed by atoms with E-state index in [2.05, 4.69) is 25.7 Å². The van der Waals surface area contributed by atoms with Crippen molar-refractivity contribution in [2.24, 2.45) is 13.0 Å². The third-order valence-electron chi connectivity index (χ3n) is 5.48. The number of carbonyl (C=O) groups excluding carboxylic acids is 1. The fraction of sp³-hybridized carbons (Fsp3) is 0.429. The van der Waals surface area contributed by atoms with Crippen molar-refractivity contribution < 1.29 is 9.18 Å². The Labute approximate surface area is 168 Å². The number of aromatic nitrogens is 4. The van der Waals surface area contributed by atoms with Gasteiger partial charge in [-0.15, -0.1) is 0 Å². The number of benzene rings is 1. The molecular formula is C21H25FN6O. The summed E-state index contributed by atoms with van der Waals surface area (Å²) in [6.45, 7) is 0.0235. The second kappa shape index (κ2) is 8.65. The summed E-state index contributed by atoms with van der Waals surface area (Å²) in [7, 11) is 1.88. The average molecular weight is 396 g/mol. The van der Waals surface area contributed by atoms with Crippen LogP contribution in [0.5, 0.6) is 0 Å². The van der Waals surface area contributed by atoms with Gasteiger partial charge in [0.1, 0.15) is 6.67 Å². The van der Waals surface area contributed by atoms with E-state index in [0.29, 0.717) is 18.5 Å². The van der Waals surface area contributed by atoms with Crippen LogP contribution >= 0.6 is 0 Å². The summed E-state index contributed by atoms with van der Waals surface area (Å²) in [5.74, 6) is 0.222. The number of rotatable bonds is 6. The molecule has 0 aliphatic heterocycles. The Bertz CT molecular complexity index is 996. The lowest BCUT2D eigenvalue weighted by molar-refractivity contribution is -0.120. The molecule has 0 atom stereocenters. The standard InChI is InChI=1S/C21H25FN6O/c1-28-13-17(12-25-28)15-2-3-16-11-24-21(26-19(16)10-15)27-20(29)14-4-6-18(7-5-14)23-9-8-22/h2-3,10-14,18,23H,4-9H2,1H3,(H,24,26,27,29). The number of fused-ring (bicyclic) bond motifs is 1. The van der Waals surface area contributed by atoms with Gasteiger partial charge in [0.05, 0.1) is 11.7 Å². The highest BCUT2D eigenvalue weighted by atomic mass is 19.1. The minimum absolute atomic E-state index is 0.0447. The fourth-order valence-electron chi connectivity index (χ4n) is 3.86. The van der Waals surface area contributed by atoms with Gasteiger partial charge in [0.2, 0.25) is 11.9 Å². The molecule has 152 valence electrons. The molecule has 0 unspecified atom stereocenters. The first-order valence-corrected chi connectivity index (χ1v) is 9.98. The lowest BCUT2D eigenvalue weighted by atomic mass is 9.85. The van der Waals surface area contributed by atoms with Crippen molar-refractivity contribution in [3.8, 4) is 11.1 Å². The van der Waals surface area contributed by atoms with E-state index >= 15 is 0 Å². The minimum atomic E-state index is -0.359. The number of anilines is 1. The van der Waals surface area contributed by atoms with E-state index < -0.39 is 0 Å². The van der Waals surface area contributed by atoms with Crippen molar-refractivity contribution in [1.29, 1.82) is 0 Å². The normalized spacial score (nSPS) is 19.4. The SMILES string of the molecule is Cn1cc(-c2ccc3cnc(NC(=O)C4CCC(NCCF)CC4)nc3c2)cn1. The van der Waals surface area contributed by atoms with Gasteiger partial charge in [-0.25, -0.2) is 14.4 Å². The Morgan fingerprint density at radius 2 is 2.03 bits per heavy atom. The molecule has 4 rings (SSSR count). The van der Waals surface area contributed by atoms with Crippen LogP contribution in [0, 0.1) is 5.92 Å². The molecule has 1 fully saturated rings. The highest BCUT2D eigenvalue weighted by Gasteiger charge is 2.26. The lowest BCUT2D eigenvalue weighted by Gasteiger charge is -2.28. The monoisotopic (exact) mass is 396 g/mol. The summed E-state index contributed by atoms with van der Waals surface area (Å²) in [6, 6.07) is 6.26. The molecule has 29 heavy (non-hydrogen) atoms. The molecule has 1 saturated carbocycles. The number of alkyl halides is 1. The molecule has 2 heterocycles. The first-order valence-electron chi connectivity index (χ1n) is 9.98. The van der Waals surface area contributed by atoms with Gasteiger partial charge in [-0.3, -0.25) is 14.8 Å². The van der Waals surface area contributed by atoms with Crippen LogP contribution in [-0.2, 0) is 11.8 Å². The van der Waals surface area contributed by atoms with Crippen LogP contribution in [-0.4, -0.2) is 44.9 Å². The fourth-order valence-corrected chi connectivity index (χ4v) is 3.86. The summed E-state index contributed by atoms with van der Waals surface area (Å²) in [4.78, 5) is 21.5. The van der Waals surface area contributed by atoms with Crippen molar-refractivity contribution in [2.75, 3.05) is 18.5 Å². The topological polar surface area (TPSA) is 84.7 Å². The van der Waals surface area contributed by atoms with Gasteiger partial charge in [0, 0.05) is 48.9 Å². The first kappa shape index (κ1) is 19.4. The molecule has 1 aromatic carbocycles. The molecule has 1 amide bonds. The maximum atomic E-state index is 12.6. The predicted molar refractivity (Wildman–Crippen MR) is 110 cm³/mol. The summed E-state index contributed by atoms with van der Waals surface area (Å²) < 4.78 is 14.0. The number of hydrogen-bond acceptors (Lipinski definition) is 5. The quantitative estimate of drug-likeness (QED) is 0.669. The summed E-state index contributed by atoms with van der Waals surface area (Å²) in [6.07, 6.45) is 8.82. The number of carbonyl (C=O) groups is 1. The first-order chi connectivity index (χ1) is 14.1. The highest BCUT2D eigenvalue weighted by molar-refractivity contribution is 5.92. The Hall–Kier alpha value is -2.87. The Morgan fingerprint density at radius 1 is 1.21 bits per heavy atom. The van der Waals surface area contributed by atoms with Crippen molar-refractivity contribution in [1.82, 2.24) is 25.1 Å². The van der Waals surface area contributed by atoms with E-state index in [9.17, 15) is 9.18 Å². The van der Waals surface area contributed by atoms with E-state index in [4.69, 9.17) is 0 Å². The molecule has 1 aliphatic rings. The molecule has 1 aliphatic carbocycles. The Morgan fingerprint density at radius 3 is 2.76 bits per heavy atom. The van der Waals surface area contributed by atoms with Crippen molar-refractivity contribution in [3.63, 3.8) is 0 Å². The number of nitrogens with one attached hydrogen (secondary N) is 2. The molecule has 2 aromatic heterocycles. The van der Waals surface area contributed by atoms with Gasteiger partial charge < -0.3 is 5.32 Å². The second-order valence-corrected chi connectivity index (χ2v) is 7.55. The van der Waals surface area contributed by atoms with E-state index in [1.54, 1.807) is 10.9 Å². The van der Waals surface area contributed by atoms with Gasteiger partial charge in [-0.05, 0) is 37.3 Å². The van der Waals surface area contributed by atoms with Gasteiger partial charge in [0.25, 0.3) is 0 Å². The van der Waals surface area contributed by atoms with E-state index in [0.717, 1.165) is 47.7 Å². The van der Waals surface area contributed by atoms with Crippen molar-refractivity contribution in [2.45, 2.75) is 31.7 Å². The molecule has 0 radical (unpaired) electrons. The number of amides is 1. The van der Waals surface area contributed by atoms with Crippen molar-refractivity contribution >= 4 is 22.8 Å². The lowest BCUT2D eigenvalue weighted by Crippen LogP contribution is -2.37. The zero-order valence-electron chi connectivity index (χ0n) is 16.4. The molecule has 8 heteroatoms. The Kier molecular flexibility index (Phi) is 5.80. The maximum Gasteiger partial charge on any atom is 0.229 e. The average Bonchev–Trinajstić information content (AvgIpc) is 3.18. The molecule has 0 bridgehead atoms. The van der Waals surface area contributed by atoms with Gasteiger partial charge >= 0.3 is 0 Å². The third kappa shape index (κ3) is 4.59. The van der Waals surface area contributed by atoms with Crippen LogP contribution in [0.15, 0.2) is 36.8 Å². The summed E-state index contributed by atoms with van der Waals surface area (Å²) >= 11 is 0. The van der Waals surface area contributed by atoms with Crippen LogP contribution in [0.4, 0.5) is 10.3 Å². The molecule has 7 nitrogen and oxygen atoms in total. The van der Waals surface area contributed by atoms with E-state index in [1.165, 1.54) is 0 Å². The summed E-state index contributed by atoms with van der Waals surface area (Å²) in [5, 5.41) is 11.2. The van der Waals surface area contributed by atoms with Gasteiger partial charge in [-0.2, -0.15) is 5.10 Å². The maximum absolute atomic E-state index is 12.6. The molecule has 3 aromatic rings. The van der Waals surface area contributed by atoms with Gasteiger partial charge in [-0.1, -0.05) is 12.1 Å². The zero-order chi connectivity index (χ0) is 20.2. The minimum Gasteiger partial charge on any atom is -0.311 e. The summed E-state index contributed by atoms with van der Waals surface area (Å²) in [5.41, 5.74) is 2.80. The number of aryl methyl sites for hydroxylation is 1. The van der Waals surface area contributed by atoms with Crippen LogP contribution in [0.3, 0.4) is 0 Å². The molecule has 0 saturated heterocycles. The second-order valence-electron chi connectivity index (χ2n) is 7.55. The van der Waals surface area contributed by atoms with Crippen LogP contribution in [0.2, 0.25) is 0 Å². The van der Waals surface area contributed by atoms with E-state index in [1.807, 2.05) is 37.6 Å². The number of nitrogens with zero attached hydrogens (tertiary/aromatic N) is 4. The van der Waals surface area contributed by atoms with Crippen LogP contribution < -0.4 is 10.6 Å². The largest absolute Gasteiger partial charge is 0.311 e. The van der Waals surface area contributed by atoms with E-state index in [-0.39, 0.29) is 18.5 Å². The van der Waals surface area contributed by atoms with Crippen molar-refractivity contribution in [3.05, 3.63) is 36.8 Å². The van der Waals surface area contributed by atoms with Crippen LogP contribution in [0.1, 0.15) is 25.7 Å². The predicted octanol–water partition coefficient (Wildman–Crippen LogP) is 3.09. The van der Waals surface area contributed by atoms with Crippen LogP contribution in [0.25, 0.3) is 22.0 Å². The Balaban J connectivity index is 1.43. The molecule has 0 spiro atoms. The smallest absolute Gasteiger partial charge is 0.229 e. The number of hydrogen-bond donors (Lipinski definition) is 2. The zero-order valence-corrected chi connectivity index (χ0v) is 16.4.